The van der Waals surface area contributed by atoms with Crippen molar-refractivity contribution in [3.63, 3.8) is 0 Å². The average molecular weight is 536 g/mol. The molecule has 1 unspecified atom stereocenters. The summed E-state index contributed by atoms with van der Waals surface area (Å²) >= 11 is 0. The maximum absolute atomic E-state index is 13.0. The van der Waals surface area contributed by atoms with E-state index in [2.05, 4.69) is 34.9 Å². The van der Waals surface area contributed by atoms with Crippen LogP contribution in [0.4, 0.5) is 9.59 Å². The van der Waals surface area contributed by atoms with Gasteiger partial charge in [-0.25, -0.2) is 9.59 Å². The van der Waals surface area contributed by atoms with Gasteiger partial charge in [-0.15, -0.1) is 0 Å². The van der Waals surface area contributed by atoms with E-state index in [0.717, 1.165) is 27.8 Å². The Balaban J connectivity index is 1.23. The fraction of sp³-hybridized carbons (Fsp3) is 0.156. The van der Waals surface area contributed by atoms with E-state index in [1.54, 1.807) is 24.3 Å². The summed E-state index contributed by atoms with van der Waals surface area (Å²) in [7, 11) is 0. The van der Waals surface area contributed by atoms with Gasteiger partial charge in [-0.3, -0.25) is 4.79 Å². The molecular weight excluding hydrogens is 506 g/mol. The highest BCUT2D eigenvalue weighted by Crippen LogP contribution is 2.44. The van der Waals surface area contributed by atoms with Crippen LogP contribution < -0.4 is 21.1 Å². The van der Waals surface area contributed by atoms with E-state index in [-0.39, 0.29) is 37.1 Å². The topological polar surface area (TPSA) is 120 Å². The van der Waals surface area contributed by atoms with E-state index in [1.165, 1.54) is 0 Å². The Kier molecular flexibility index (Phi) is 8.06. The van der Waals surface area contributed by atoms with Gasteiger partial charge in [-0.2, -0.15) is 0 Å². The van der Waals surface area contributed by atoms with Gasteiger partial charge in [-0.05, 0) is 33.9 Å². The van der Waals surface area contributed by atoms with E-state index in [1.807, 2.05) is 54.6 Å². The molecule has 1 aliphatic carbocycles. The van der Waals surface area contributed by atoms with E-state index in [0.29, 0.717) is 5.56 Å². The number of ether oxygens (including phenoxy) is 2. The molecule has 0 fully saturated rings. The standard InChI is InChI=1S/C32H29N3O5/c33-31(37)40-29-17-9-4-12-22(29)19-34-30(36)18-28(21-10-2-1-3-11-21)35-32(38)39-20-27-25-15-7-5-13-23(25)24-14-6-8-16-26(24)27/h1-17,27-28H,18-20H2,(H2,33,37)(H,34,36)(H,35,38). The largest absolute Gasteiger partial charge is 0.449 e. The van der Waals surface area contributed by atoms with Crippen molar-refractivity contribution in [1.82, 2.24) is 10.6 Å². The summed E-state index contributed by atoms with van der Waals surface area (Å²) < 4.78 is 10.7. The molecule has 4 N–H and O–H groups in total. The number of hydrogen-bond acceptors (Lipinski definition) is 5. The average Bonchev–Trinajstić information content (AvgIpc) is 3.29. The van der Waals surface area contributed by atoms with Crippen LogP contribution >= 0.6 is 0 Å². The molecule has 1 atom stereocenters. The zero-order chi connectivity index (χ0) is 27.9. The Hall–Kier alpha value is -5.11. The maximum Gasteiger partial charge on any atom is 0.409 e. The van der Waals surface area contributed by atoms with Gasteiger partial charge >= 0.3 is 12.2 Å². The third-order valence-electron chi connectivity index (χ3n) is 6.89. The molecule has 0 radical (unpaired) electrons. The van der Waals surface area contributed by atoms with Gasteiger partial charge in [0.2, 0.25) is 5.91 Å². The van der Waals surface area contributed by atoms with Crippen LogP contribution in [0.3, 0.4) is 0 Å². The maximum atomic E-state index is 13.0. The Labute approximate surface area is 232 Å². The molecule has 202 valence electrons. The number of carbonyl (C=O) groups excluding carboxylic acids is 3. The van der Waals surface area contributed by atoms with Crippen LogP contribution in [-0.2, 0) is 16.1 Å². The molecular formula is C32H29N3O5. The number of nitrogens with one attached hydrogen (secondary N) is 2. The van der Waals surface area contributed by atoms with Gasteiger partial charge in [-0.1, -0.05) is 97.1 Å². The Morgan fingerprint density at radius 3 is 2.05 bits per heavy atom. The second kappa shape index (κ2) is 12.2. The highest BCUT2D eigenvalue weighted by Gasteiger charge is 2.29. The lowest BCUT2D eigenvalue weighted by Crippen LogP contribution is -2.34. The molecule has 0 aromatic heterocycles. The van der Waals surface area contributed by atoms with Gasteiger partial charge in [0.15, 0.2) is 0 Å². The number of fused-ring (bicyclic) bond motifs is 3. The lowest BCUT2D eigenvalue weighted by molar-refractivity contribution is -0.121. The summed E-state index contributed by atoms with van der Waals surface area (Å²) in [5, 5.41) is 5.69. The lowest BCUT2D eigenvalue weighted by Gasteiger charge is -2.20. The van der Waals surface area contributed by atoms with E-state index in [4.69, 9.17) is 15.2 Å². The van der Waals surface area contributed by atoms with Crippen LogP contribution in [-0.4, -0.2) is 24.7 Å². The molecule has 0 aliphatic heterocycles. The number of nitrogens with two attached hydrogens (primary N) is 1. The van der Waals surface area contributed by atoms with Crippen molar-refractivity contribution in [1.29, 1.82) is 0 Å². The second-order valence-electron chi connectivity index (χ2n) is 9.44. The van der Waals surface area contributed by atoms with Crippen LogP contribution in [0.2, 0.25) is 0 Å². The first-order valence-electron chi connectivity index (χ1n) is 13.0. The zero-order valence-electron chi connectivity index (χ0n) is 21.7. The number of alkyl carbamates (subject to hydrolysis) is 1. The number of benzene rings is 4. The van der Waals surface area contributed by atoms with Crippen molar-refractivity contribution < 1.29 is 23.9 Å². The highest BCUT2D eigenvalue weighted by molar-refractivity contribution is 5.80. The second-order valence-corrected chi connectivity index (χ2v) is 9.44. The van der Waals surface area contributed by atoms with E-state index >= 15 is 0 Å². The molecule has 3 amide bonds. The first-order valence-corrected chi connectivity index (χ1v) is 13.0. The van der Waals surface area contributed by atoms with Gasteiger partial charge in [0.05, 0.1) is 12.5 Å². The van der Waals surface area contributed by atoms with E-state index < -0.39 is 18.2 Å². The number of hydrogen-bond donors (Lipinski definition) is 3. The molecule has 5 rings (SSSR count). The molecule has 0 heterocycles. The van der Waals surface area contributed by atoms with Crippen molar-refractivity contribution in [3.8, 4) is 16.9 Å². The molecule has 1 aliphatic rings. The van der Waals surface area contributed by atoms with Crippen molar-refractivity contribution in [2.75, 3.05) is 6.61 Å². The number of amides is 3. The molecule has 0 bridgehead atoms. The summed E-state index contributed by atoms with van der Waals surface area (Å²) in [5.74, 6) is -0.104. The SMILES string of the molecule is NC(=O)Oc1ccccc1CNC(=O)CC(NC(=O)OCC1c2ccccc2-c2ccccc21)c1ccccc1. The van der Waals surface area contributed by atoms with Crippen molar-refractivity contribution in [3.05, 3.63) is 125 Å². The predicted octanol–water partition coefficient (Wildman–Crippen LogP) is 5.43. The number of para-hydroxylation sites is 1. The molecule has 40 heavy (non-hydrogen) atoms. The first-order chi connectivity index (χ1) is 19.5. The Morgan fingerprint density at radius 1 is 0.775 bits per heavy atom. The Bertz CT molecular complexity index is 1480. The molecule has 4 aromatic rings. The normalized spacial score (nSPS) is 12.5. The number of carbonyl (C=O) groups is 3. The fourth-order valence-corrected chi connectivity index (χ4v) is 5.03. The Morgan fingerprint density at radius 2 is 1.38 bits per heavy atom. The summed E-state index contributed by atoms with van der Waals surface area (Å²) in [5.41, 5.74) is 11.0. The van der Waals surface area contributed by atoms with Crippen LogP contribution in [0.1, 0.15) is 40.6 Å². The fourth-order valence-electron chi connectivity index (χ4n) is 5.03. The molecule has 0 spiro atoms. The minimum Gasteiger partial charge on any atom is -0.449 e. The highest BCUT2D eigenvalue weighted by atomic mass is 16.6. The van der Waals surface area contributed by atoms with Gasteiger partial charge in [0.1, 0.15) is 12.4 Å². The smallest absolute Gasteiger partial charge is 0.409 e. The number of rotatable bonds is 9. The quantitative estimate of drug-likeness (QED) is 0.264. The van der Waals surface area contributed by atoms with Crippen molar-refractivity contribution >= 4 is 18.1 Å². The molecule has 0 saturated heterocycles. The molecule has 8 nitrogen and oxygen atoms in total. The summed E-state index contributed by atoms with van der Waals surface area (Å²) in [6, 6.07) is 31.7. The summed E-state index contributed by atoms with van der Waals surface area (Å²) in [6.07, 6.45) is -1.56. The summed E-state index contributed by atoms with van der Waals surface area (Å²) in [6.45, 7) is 0.291. The van der Waals surface area contributed by atoms with E-state index in [9.17, 15) is 14.4 Å². The predicted molar refractivity (Wildman–Crippen MR) is 151 cm³/mol. The zero-order valence-corrected chi connectivity index (χ0v) is 21.7. The monoisotopic (exact) mass is 535 g/mol. The van der Waals surface area contributed by atoms with Crippen molar-refractivity contribution in [2.24, 2.45) is 5.73 Å². The number of primary amides is 1. The molecule has 8 heteroatoms. The third-order valence-corrected chi connectivity index (χ3v) is 6.89. The molecule has 0 saturated carbocycles. The van der Waals surface area contributed by atoms with Gasteiger partial charge < -0.3 is 25.8 Å². The minimum atomic E-state index is -0.935. The first kappa shape index (κ1) is 26.5. The summed E-state index contributed by atoms with van der Waals surface area (Å²) in [4.78, 5) is 37.1. The van der Waals surface area contributed by atoms with Crippen molar-refractivity contribution in [2.45, 2.75) is 24.9 Å². The van der Waals surface area contributed by atoms with Gasteiger partial charge in [0, 0.05) is 18.0 Å². The third kappa shape index (κ3) is 6.13. The van der Waals surface area contributed by atoms with Crippen LogP contribution in [0.5, 0.6) is 5.75 Å². The molecule has 4 aromatic carbocycles. The van der Waals surface area contributed by atoms with Crippen LogP contribution in [0.15, 0.2) is 103 Å². The van der Waals surface area contributed by atoms with Crippen LogP contribution in [0, 0.1) is 0 Å². The lowest BCUT2D eigenvalue weighted by atomic mass is 9.98. The minimum absolute atomic E-state index is 0.0208. The van der Waals surface area contributed by atoms with Crippen LogP contribution in [0.25, 0.3) is 11.1 Å². The van der Waals surface area contributed by atoms with Gasteiger partial charge in [0.25, 0.3) is 0 Å².